The van der Waals surface area contributed by atoms with Crippen LogP contribution >= 0.6 is 23.1 Å². The maximum Gasteiger partial charge on any atom is 0.235 e. The van der Waals surface area contributed by atoms with Crippen LogP contribution in [0.1, 0.15) is 54.7 Å². The van der Waals surface area contributed by atoms with E-state index in [9.17, 15) is 10.1 Å². The molecule has 0 aromatic carbocycles. The predicted molar refractivity (Wildman–Crippen MR) is 142 cm³/mol. The van der Waals surface area contributed by atoms with Crippen molar-refractivity contribution >= 4 is 34.0 Å². The Hall–Kier alpha value is -2.83. The Morgan fingerprint density at radius 2 is 2.23 bits per heavy atom. The summed E-state index contributed by atoms with van der Waals surface area (Å²) < 4.78 is 4.05. The third kappa shape index (κ3) is 5.54. The maximum atomic E-state index is 12.9. The van der Waals surface area contributed by atoms with Crippen LogP contribution < -0.4 is 5.32 Å². The van der Waals surface area contributed by atoms with Crippen LogP contribution in [0.5, 0.6) is 0 Å². The molecule has 3 aromatic rings. The zero-order chi connectivity index (χ0) is 25.2. The summed E-state index contributed by atoms with van der Waals surface area (Å²) in [7, 11) is 2.00. The molecule has 0 bridgehead atoms. The van der Waals surface area contributed by atoms with Crippen molar-refractivity contribution in [3.8, 4) is 6.07 Å². The van der Waals surface area contributed by atoms with Gasteiger partial charge in [0.1, 0.15) is 16.9 Å². The molecular formula is C26H32N6OS2. The lowest BCUT2D eigenvalue weighted by atomic mass is 9.72. The Labute approximate surface area is 215 Å². The van der Waals surface area contributed by atoms with E-state index in [2.05, 4.69) is 59.6 Å². The minimum Gasteiger partial charge on any atom is -0.354 e. The van der Waals surface area contributed by atoms with Crippen LogP contribution in [0.3, 0.4) is 0 Å². The van der Waals surface area contributed by atoms with Crippen LogP contribution in [-0.2, 0) is 37.6 Å². The molecule has 3 heterocycles. The third-order valence-electron chi connectivity index (χ3n) is 6.68. The second-order valence-corrected chi connectivity index (χ2v) is 12.1. The number of thiophene rings is 1. The number of aryl methyl sites for hydroxylation is 1. The molecule has 0 radical (unpaired) electrons. The number of hydrogen-bond acceptors (Lipinski definition) is 6. The molecule has 0 spiro atoms. The molecule has 0 fully saturated rings. The number of nitriles is 1. The monoisotopic (exact) mass is 508 g/mol. The molecule has 3 aromatic heterocycles. The summed E-state index contributed by atoms with van der Waals surface area (Å²) in [5.41, 5.74) is 3.12. The second-order valence-electron chi connectivity index (χ2n) is 10.0. The van der Waals surface area contributed by atoms with Gasteiger partial charge in [-0.2, -0.15) is 5.26 Å². The fourth-order valence-electron chi connectivity index (χ4n) is 4.54. The van der Waals surface area contributed by atoms with Gasteiger partial charge in [-0.15, -0.1) is 28.1 Å². The average Bonchev–Trinajstić information content (AvgIpc) is 3.49. The SMILES string of the molecule is C=CCn1c(Cc2cccn2C)nnc1SCC(=O)Nc1sc2c(c1C#N)CCC(C(C)(C)C)C2. The Bertz CT molecular complexity index is 1270. The van der Waals surface area contributed by atoms with Gasteiger partial charge in [0.15, 0.2) is 5.16 Å². The third-order valence-corrected chi connectivity index (χ3v) is 8.82. The van der Waals surface area contributed by atoms with E-state index in [-0.39, 0.29) is 17.1 Å². The Morgan fingerprint density at radius 1 is 1.43 bits per heavy atom. The van der Waals surface area contributed by atoms with Crippen molar-refractivity contribution in [1.82, 2.24) is 19.3 Å². The Balaban J connectivity index is 1.44. The predicted octanol–water partition coefficient (Wildman–Crippen LogP) is 5.21. The Kier molecular flexibility index (Phi) is 7.53. The highest BCUT2D eigenvalue weighted by molar-refractivity contribution is 7.99. The summed E-state index contributed by atoms with van der Waals surface area (Å²) >= 11 is 2.91. The molecule has 1 amide bonds. The molecular weight excluding hydrogens is 476 g/mol. The molecule has 1 aliphatic rings. The van der Waals surface area contributed by atoms with Gasteiger partial charge in [-0.25, -0.2) is 0 Å². The van der Waals surface area contributed by atoms with Gasteiger partial charge in [0, 0.05) is 36.8 Å². The van der Waals surface area contributed by atoms with Crippen LogP contribution in [0.4, 0.5) is 5.00 Å². The van der Waals surface area contributed by atoms with E-state index in [4.69, 9.17) is 0 Å². The van der Waals surface area contributed by atoms with Crippen molar-refractivity contribution in [1.29, 1.82) is 5.26 Å². The molecule has 35 heavy (non-hydrogen) atoms. The minimum absolute atomic E-state index is 0.144. The van der Waals surface area contributed by atoms with E-state index >= 15 is 0 Å². The zero-order valence-electron chi connectivity index (χ0n) is 20.8. The van der Waals surface area contributed by atoms with Gasteiger partial charge in [-0.1, -0.05) is 38.6 Å². The molecule has 1 aliphatic carbocycles. The standard InChI is InChI=1S/C26H32N6OS2/c1-6-11-32-22(14-18-8-7-12-31(18)5)29-30-25(32)34-16-23(33)28-24-20(15-27)19-10-9-17(26(2,3)4)13-21(19)35-24/h6-8,12,17H,1,9-11,13-14,16H2,2-5H3,(H,28,33). The molecule has 1 atom stereocenters. The average molecular weight is 509 g/mol. The van der Waals surface area contributed by atoms with Crippen LogP contribution in [0, 0.1) is 22.7 Å². The van der Waals surface area contributed by atoms with Crippen molar-refractivity contribution in [2.24, 2.45) is 18.4 Å². The first kappa shape index (κ1) is 25.3. The first-order valence-electron chi connectivity index (χ1n) is 11.8. The van der Waals surface area contributed by atoms with Crippen molar-refractivity contribution in [3.63, 3.8) is 0 Å². The normalized spacial score (nSPS) is 15.5. The topological polar surface area (TPSA) is 88.5 Å². The lowest BCUT2D eigenvalue weighted by Gasteiger charge is -2.33. The van der Waals surface area contributed by atoms with Gasteiger partial charge in [-0.3, -0.25) is 4.79 Å². The number of anilines is 1. The first-order valence-corrected chi connectivity index (χ1v) is 13.6. The second kappa shape index (κ2) is 10.4. The molecule has 184 valence electrons. The largest absolute Gasteiger partial charge is 0.354 e. The summed E-state index contributed by atoms with van der Waals surface area (Å²) in [5.74, 6) is 1.47. The molecule has 0 saturated heterocycles. The number of allylic oxidation sites excluding steroid dienone is 1. The van der Waals surface area contributed by atoms with Crippen LogP contribution in [0.2, 0.25) is 0 Å². The van der Waals surface area contributed by atoms with E-state index in [1.807, 2.05) is 30.0 Å². The molecule has 0 aliphatic heterocycles. The van der Waals surface area contributed by atoms with Crippen LogP contribution in [0.25, 0.3) is 0 Å². The highest BCUT2D eigenvalue weighted by Gasteiger charge is 2.32. The van der Waals surface area contributed by atoms with E-state index < -0.39 is 0 Å². The van der Waals surface area contributed by atoms with Gasteiger partial charge < -0.3 is 14.5 Å². The fraction of sp³-hybridized carbons (Fsp3) is 0.462. The van der Waals surface area contributed by atoms with Crippen molar-refractivity contribution in [3.05, 3.63) is 58.5 Å². The maximum absolute atomic E-state index is 12.9. The first-order chi connectivity index (χ1) is 16.7. The van der Waals surface area contributed by atoms with Gasteiger partial charge in [0.2, 0.25) is 5.91 Å². The van der Waals surface area contributed by atoms with Crippen LogP contribution in [0.15, 0.2) is 36.1 Å². The van der Waals surface area contributed by atoms with Gasteiger partial charge in [-0.05, 0) is 48.3 Å². The molecule has 0 saturated carbocycles. The summed E-state index contributed by atoms with van der Waals surface area (Å²) in [5, 5.41) is 22.9. The number of nitrogens with zero attached hydrogens (tertiary/aromatic N) is 5. The number of fused-ring (bicyclic) bond motifs is 1. The lowest BCUT2D eigenvalue weighted by Crippen LogP contribution is -2.26. The number of carbonyl (C=O) groups is 1. The number of thioether (sulfide) groups is 1. The molecule has 1 N–H and O–H groups in total. The van der Waals surface area contributed by atoms with Gasteiger partial charge >= 0.3 is 0 Å². The van der Waals surface area contributed by atoms with E-state index in [1.54, 1.807) is 11.3 Å². The molecule has 1 unspecified atom stereocenters. The molecule has 7 nitrogen and oxygen atoms in total. The van der Waals surface area contributed by atoms with Crippen molar-refractivity contribution < 1.29 is 4.79 Å². The van der Waals surface area contributed by atoms with Crippen molar-refractivity contribution in [2.45, 2.75) is 58.2 Å². The highest BCUT2D eigenvalue weighted by atomic mass is 32.2. The highest BCUT2D eigenvalue weighted by Crippen LogP contribution is 2.44. The van der Waals surface area contributed by atoms with E-state index in [0.717, 1.165) is 36.3 Å². The van der Waals surface area contributed by atoms with Gasteiger partial charge in [0.25, 0.3) is 0 Å². The number of aromatic nitrogens is 4. The van der Waals surface area contributed by atoms with Crippen LogP contribution in [-0.4, -0.2) is 31.0 Å². The number of hydrogen-bond donors (Lipinski definition) is 1. The number of nitrogens with one attached hydrogen (secondary N) is 1. The number of amides is 1. The van der Waals surface area contributed by atoms with E-state index in [1.165, 1.54) is 16.6 Å². The van der Waals surface area contributed by atoms with Gasteiger partial charge in [0.05, 0.1) is 11.3 Å². The lowest BCUT2D eigenvalue weighted by molar-refractivity contribution is -0.113. The summed E-state index contributed by atoms with van der Waals surface area (Å²) in [4.78, 5) is 14.1. The summed E-state index contributed by atoms with van der Waals surface area (Å²) in [6.45, 7) is 11.3. The number of carbonyl (C=O) groups excluding carboxylic acids is 1. The van der Waals surface area contributed by atoms with Crippen molar-refractivity contribution in [2.75, 3.05) is 11.1 Å². The minimum atomic E-state index is -0.144. The summed E-state index contributed by atoms with van der Waals surface area (Å²) in [6, 6.07) is 6.40. The molecule has 4 rings (SSSR count). The smallest absolute Gasteiger partial charge is 0.235 e. The number of rotatable bonds is 8. The van der Waals surface area contributed by atoms with E-state index in [0.29, 0.717) is 34.6 Å². The zero-order valence-corrected chi connectivity index (χ0v) is 22.4. The Morgan fingerprint density at radius 3 is 2.89 bits per heavy atom. The molecule has 9 heteroatoms. The quantitative estimate of drug-likeness (QED) is 0.333. The fourth-order valence-corrected chi connectivity index (χ4v) is 6.60. The summed E-state index contributed by atoms with van der Waals surface area (Å²) in [6.07, 6.45) is 7.41.